The van der Waals surface area contributed by atoms with E-state index in [-0.39, 0.29) is 11.3 Å². The highest BCUT2D eigenvalue weighted by Crippen LogP contribution is 2.28. The zero-order chi connectivity index (χ0) is 21.8. The van der Waals surface area contributed by atoms with Gasteiger partial charge in [-0.2, -0.15) is 5.26 Å². The first kappa shape index (κ1) is 20.2. The van der Waals surface area contributed by atoms with Crippen molar-refractivity contribution < 1.29 is 14.1 Å². The number of nitrogens with one attached hydrogen (secondary N) is 1. The van der Waals surface area contributed by atoms with Crippen LogP contribution in [0, 0.1) is 21.4 Å². The van der Waals surface area contributed by atoms with Gasteiger partial charge < -0.3 is 9.32 Å². The van der Waals surface area contributed by atoms with Crippen LogP contribution in [0.5, 0.6) is 0 Å². The van der Waals surface area contributed by atoms with Crippen molar-refractivity contribution in [2.45, 2.75) is 12.8 Å². The summed E-state index contributed by atoms with van der Waals surface area (Å²) in [6.45, 7) is 1.84. The molecule has 4 rings (SSSR count). The average Bonchev–Trinajstić information content (AvgIpc) is 3.53. The van der Waals surface area contributed by atoms with Gasteiger partial charge >= 0.3 is 0 Å². The number of rotatable bonds is 6. The van der Waals surface area contributed by atoms with E-state index in [0.29, 0.717) is 22.2 Å². The second kappa shape index (κ2) is 8.76. The monoisotopic (exact) mass is 436 g/mol. The number of hydrogen-bond acceptors (Lipinski definition) is 9. The third-order valence-electron chi connectivity index (χ3n) is 4.65. The standard InChI is InChI=1S/C20H16N6O4S/c21-12-14(18(27)22-19-23-24-20(31-19)25-9-1-2-10-25)11-16-7-8-17(30-16)13-3-5-15(6-4-13)26(28)29/h3-8,11H,1-2,9-10H2,(H,22,23,27). The lowest BCUT2D eigenvalue weighted by Gasteiger charge is -2.10. The van der Waals surface area contributed by atoms with Gasteiger partial charge in [-0.05, 0) is 37.1 Å². The molecule has 1 aromatic carbocycles. The van der Waals surface area contributed by atoms with Gasteiger partial charge in [-0.15, -0.1) is 10.2 Å². The van der Waals surface area contributed by atoms with Crippen LogP contribution in [-0.4, -0.2) is 34.1 Å². The molecule has 2 aromatic heterocycles. The van der Waals surface area contributed by atoms with Crippen LogP contribution in [0.3, 0.4) is 0 Å². The molecule has 0 spiro atoms. The summed E-state index contributed by atoms with van der Waals surface area (Å²) in [4.78, 5) is 24.9. The molecule has 0 unspecified atom stereocenters. The number of nitrogens with zero attached hydrogens (tertiary/aromatic N) is 5. The van der Waals surface area contributed by atoms with Gasteiger partial charge in [0.1, 0.15) is 23.2 Å². The molecule has 11 heteroatoms. The molecule has 3 heterocycles. The van der Waals surface area contributed by atoms with E-state index < -0.39 is 10.8 Å². The van der Waals surface area contributed by atoms with Crippen LogP contribution in [0.1, 0.15) is 18.6 Å². The fourth-order valence-corrected chi connectivity index (χ4v) is 3.88. The molecule has 31 heavy (non-hydrogen) atoms. The molecule has 1 fully saturated rings. The van der Waals surface area contributed by atoms with Crippen LogP contribution < -0.4 is 10.2 Å². The number of benzene rings is 1. The van der Waals surface area contributed by atoms with Crippen molar-refractivity contribution in [1.29, 1.82) is 5.26 Å². The third kappa shape index (κ3) is 4.59. The predicted octanol–water partition coefficient (Wildman–Crippen LogP) is 3.85. The van der Waals surface area contributed by atoms with Crippen LogP contribution >= 0.6 is 11.3 Å². The zero-order valence-electron chi connectivity index (χ0n) is 16.1. The number of hydrogen-bond donors (Lipinski definition) is 1. The lowest BCUT2D eigenvalue weighted by molar-refractivity contribution is -0.384. The van der Waals surface area contributed by atoms with Gasteiger partial charge in [0.25, 0.3) is 11.6 Å². The molecular formula is C20H16N6O4S. The summed E-state index contributed by atoms with van der Waals surface area (Å²) in [5.74, 6) is 0.146. The minimum atomic E-state index is -0.611. The molecule has 156 valence electrons. The fraction of sp³-hybridized carbons (Fsp3) is 0.200. The lowest BCUT2D eigenvalue weighted by Crippen LogP contribution is -2.17. The Hall–Kier alpha value is -4.04. The van der Waals surface area contributed by atoms with Crippen molar-refractivity contribution in [1.82, 2.24) is 10.2 Å². The molecule has 1 saturated heterocycles. The largest absolute Gasteiger partial charge is 0.457 e. The van der Waals surface area contributed by atoms with E-state index in [1.54, 1.807) is 24.3 Å². The van der Waals surface area contributed by atoms with Gasteiger partial charge in [0, 0.05) is 36.9 Å². The second-order valence-electron chi connectivity index (χ2n) is 6.71. The highest BCUT2D eigenvalue weighted by atomic mass is 32.1. The quantitative estimate of drug-likeness (QED) is 0.266. The Balaban J connectivity index is 1.46. The summed E-state index contributed by atoms with van der Waals surface area (Å²) < 4.78 is 5.66. The van der Waals surface area contributed by atoms with Crippen molar-refractivity contribution >= 4 is 39.3 Å². The Morgan fingerprint density at radius 3 is 2.65 bits per heavy atom. The maximum Gasteiger partial charge on any atom is 0.269 e. The number of furan rings is 1. The summed E-state index contributed by atoms with van der Waals surface area (Å²) in [6, 6.07) is 11.0. The molecule has 1 amide bonds. The molecule has 0 saturated carbocycles. The SMILES string of the molecule is N#CC(=Cc1ccc(-c2ccc([N+](=O)[O-])cc2)o1)C(=O)Nc1nnc(N2CCCC2)s1. The van der Waals surface area contributed by atoms with E-state index in [1.165, 1.54) is 29.5 Å². The van der Waals surface area contributed by atoms with Gasteiger partial charge in [0.2, 0.25) is 10.3 Å². The molecule has 3 aromatic rings. The van der Waals surface area contributed by atoms with Crippen LogP contribution in [0.25, 0.3) is 17.4 Å². The van der Waals surface area contributed by atoms with Crippen LogP contribution in [-0.2, 0) is 4.79 Å². The van der Waals surface area contributed by atoms with Crippen LogP contribution in [0.4, 0.5) is 16.0 Å². The molecular weight excluding hydrogens is 420 g/mol. The first-order chi connectivity index (χ1) is 15.0. The average molecular weight is 436 g/mol. The van der Waals surface area contributed by atoms with Gasteiger partial charge in [-0.3, -0.25) is 20.2 Å². The summed E-state index contributed by atoms with van der Waals surface area (Å²) >= 11 is 1.26. The van der Waals surface area contributed by atoms with Gasteiger partial charge in [0.15, 0.2) is 0 Å². The molecule has 10 nitrogen and oxygen atoms in total. The summed E-state index contributed by atoms with van der Waals surface area (Å²) in [5.41, 5.74) is 0.461. The first-order valence-corrected chi connectivity index (χ1v) is 10.2. The zero-order valence-corrected chi connectivity index (χ0v) is 17.0. The number of carbonyl (C=O) groups is 1. The van der Waals surface area contributed by atoms with E-state index >= 15 is 0 Å². The molecule has 0 aliphatic carbocycles. The van der Waals surface area contributed by atoms with E-state index in [9.17, 15) is 20.2 Å². The predicted molar refractivity (Wildman–Crippen MR) is 114 cm³/mol. The summed E-state index contributed by atoms with van der Waals surface area (Å²) in [5, 5.41) is 31.9. The van der Waals surface area contributed by atoms with E-state index in [4.69, 9.17) is 4.42 Å². The number of amides is 1. The number of aromatic nitrogens is 2. The number of nitro benzene ring substituents is 1. The highest BCUT2D eigenvalue weighted by Gasteiger charge is 2.19. The van der Waals surface area contributed by atoms with Gasteiger partial charge in [-0.1, -0.05) is 11.3 Å². The van der Waals surface area contributed by atoms with Crippen molar-refractivity contribution in [2.75, 3.05) is 23.3 Å². The summed E-state index contributed by atoms with van der Waals surface area (Å²) in [6.07, 6.45) is 3.54. The molecule has 1 N–H and O–H groups in total. The third-order valence-corrected chi connectivity index (χ3v) is 5.55. The number of carbonyl (C=O) groups excluding carboxylic acids is 1. The minimum absolute atomic E-state index is 0.0246. The van der Waals surface area contributed by atoms with Crippen LogP contribution in [0.15, 0.2) is 46.4 Å². The topological polar surface area (TPSA) is 138 Å². The maximum atomic E-state index is 12.5. The molecule has 0 atom stereocenters. The second-order valence-corrected chi connectivity index (χ2v) is 7.67. The van der Waals surface area contributed by atoms with Crippen molar-refractivity contribution in [3.8, 4) is 17.4 Å². The summed E-state index contributed by atoms with van der Waals surface area (Å²) in [7, 11) is 0. The van der Waals surface area contributed by atoms with Crippen molar-refractivity contribution in [3.05, 3.63) is 57.8 Å². The number of anilines is 2. The molecule has 1 aliphatic heterocycles. The van der Waals surface area contributed by atoms with Crippen molar-refractivity contribution in [3.63, 3.8) is 0 Å². The highest BCUT2D eigenvalue weighted by molar-refractivity contribution is 7.19. The molecule has 1 aliphatic rings. The minimum Gasteiger partial charge on any atom is -0.457 e. The number of non-ortho nitro benzene ring substituents is 1. The molecule has 0 radical (unpaired) electrons. The van der Waals surface area contributed by atoms with E-state index in [1.807, 2.05) is 6.07 Å². The van der Waals surface area contributed by atoms with Crippen LogP contribution in [0.2, 0.25) is 0 Å². The number of nitro groups is 1. The molecule has 0 bridgehead atoms. The smallest absolute Gasteiger partial charge is 0.269 e. The van der Waals surface area contributed by atoms with Gasteiger partial charge in [0.05, 0.1) is 4.92 Å². The van der Waals surface area contributed by atoms with E-state index in [0.717, 1.165) is 31.1 Å². The Morgan fingerprint density at radius 1 is 1.23 bits per heavy atom. The van der Waals surface area contributed by atoms with Gasteiger partial charge in [-0.25, -0.2) is 0 Å². The maximum absolute atomic E-state index is 12.5. The Kier molecular flexibility index (Phi) is 5.72. The number of nitriles is 1. The van der Waals surface area contributed by atoms with Crippen molar-refractivity contribution in [2.24, 2.45) is 0 Å². The Labute approximate surface area is 180 Å². The van der Waals surface area contributed by atoms with E-state index in [2.05, 4.69) is 20.4 Å². The lowest BCUT2D eigenvalue weighted by atomic mass is 10.1. The Bertz CT molecular complexity index is 1180. The Morgan fingerprint density at radius 2 is 1.97 bits per heavy atom. The fourth-order valence-electron chi connectivity index (χ4n) is 3.09. The normalized spacial score (nSPS) is 13.8. The first-order valence-electron chi connectivity index (χ1n) is 9.40.